The highest BCUT2D eigenvalue weighted by molar-refractivity contribution is 5.76. The number of benzene rings is 4. The zero-order chi connectivity index (χ0) is 29.1. The number of hydrogen-bond acceptors (Lipinski definition) is 7. The van der Waals surface area contributed by atoms with Crippen molar-refractivity contribution >= 4 is 5.97 Å². The molecule has 0 saturated heterocycles. The highest BCUT2D eigenvalue weighted by Gasteiger charge is 2.56. The first kappa shape index (κ1) is 27.5. The number of ether oxygens (including phenoxy) is 6. The minimum atomic E-state index is -0.866. The van der Waals surface area contributed by atoms with Crippen LogP contribution in [-0.4, -0.2) is 45.5 Å². The molecule has 216 valence electrons. The highest BCUT2D eigenvalue weighted by atomic mass is 16.7. The number of carbonyl (C=O) groups is 1. The zero-order valence-corrected chi connectivity index (χ0v) is 23.4. The maximum absolute atomic E-state index is 12.7. The van der Waals surface area contributed by atoms with Crippen LogP contribution in [-0.2, 0) is 9.53 Å². The second-order valence-corrected chi connectivity index (χ2v) is 10.3. The number of carboxylic acid groups (broad SMARTS) is 1. The molecule has 8 heteroatoms. The lowest BCUT2D eigenvalue weighted by atomic mass is 9.52. The Morgan fingerprint density at radius 3 is 2.10 bits per heavy atom. The van der Waals surface area contributed by atoms with E-state index in [0.29, 0.717) is 17.2 Å². The van der Waals surface area contributed by atoms with E-state index >= 15 is 0 Å². The number of para-hydroxylation sites is 2. The second-order valence-electron chi connectivity index (χ2n) is 10.3. The minimum Gasteiger partial charge on any atom is -0.496 e. The van der Waals surface area contributed by atoms with E-state index in [1.165, 1.54) is 0 Å². The number of hydrogen-bond donors (Lipinski definition) is 1. The van der Waals surface area contributed by atoms with Crippen LogP contribution in [0.2, 0.25) is 0 Å². The van der Waals surface area contributed by atoms with E-state index in [9.17, 15) is 9.90 Å². The van der Waals surface area contributed by atoms with Crippen LogP contribution in [0.5, 0.6) is 28.7 Å². The Bertz CT molecular complexity index is 1510. The summed E-state index contributed by atoms with van der Waals surface area (Å²) in [7, 11) is 3.20. The molecule has 1 aliphatic carbocycles. The van der Waals surface area contributed by atoms with Gasteiger partial charge in [-0.1, -0.05) is 54.6 Å². The van der Waals surface area contributed by atoms with E-state index in [1.54, 1.807) is 14.2 Å². The first-order chi connectivity index (χ1) is 20.6. The maximum Gasteiger partial charge on any atom is 0.307 e. The molecule has 1 heterocycles. The van der Waals surface area contributed by atoms with Crippen molar-refractivity contribution in [1.82, 2.24) is 0 Å². The zero-order valence-electron chi connectivity index (χ0n) is 23.4. The summed E-state index contributed by atoms with van der Waals surface area (Å²) in [4.78, 5) is 12.7. The third-order valence-electron chi connectivity index (χ3n) is 8.14. The molecule has 4 aromatic rings. The van der Waals surface area contributed by atoms with Gasteiger partial charge in [0.25, 0.3) is 0 Å². The summed E-state index contributed by atoms with van der Waals surface area (Å²) in [5.41, 5.74) is 3.66. The van der Waals surface area contributed by atoms with E-state index < -0.39 is 11.9 Å². The second kappa shape index (κ2) is 12.0. The van der Waals surface area contributed by atoms with Gasteiger partial charge >= 0.3 is 5.97 Å². The van der Waals surface area contributed by atoms with E-state index in [2.05, 4.69) is 0 Å². The maximum atomic E-state index is 12.7. The fourth-order valence-corrected chi connectivity index (χ4v) is 6.22. The van der Waals surface area contributed by atoms with Crippen molar-refractivity contribution in [3.8, 4) is 39.9 Å². The molecule has 1 aliphatic heterocycles. The van der Waals surface area contributed by atoms with Gasteiger partial charge in [-0.3, -0.25) is 4.79 Å². The van der Waals surface area contributed by atoms with E-state index in [0.717, 1.165) is 33.8 Å². The molecule has 6 rings (SSSR count). The summed E-state index contributed by atoms with van der Waals surface area (Å²) in [6.07, 6.45) is 0. The topological polar surface area (TPSA) is 92.7 Å². The van der Waals surface area contributed by atoms with Gasteiger partial charge in [0.1, 0.15) is 17.2 Å². The molecule has 8 nitrogen and oxygen atoms in total. The molecular weight excluding hydrogens is 536 g/mol. The molecule has 0 radical (unpaired) electrons. The van der Waals surface area contributed by atoms with Crippen molar-refractivity contribution in [3.05, 3.63) is 102 Å². The molecule has 2 aliphatic rings. The van der Waals surface area contributed by atoms with Crippen LogP contribution in [0.25, 0.3) is 11.1 Å². The van der Waals surface area contributed by atoms with Gasteiger partial charge in [0.05, 0.1) is 26.7 Å². The van der Waals surface area contributed by atoms with Gasteiger partial charge in [-0.05, 0) is 64.6 Å². The molecule has 0 bridgehead atoms. The third kappa shape index (κ3) is 5.21. The van der Waals surface area contributed by atoms with Crippen molar-refractivity contribution in [2.75, 3.05) is 34.4 Å². The number of rotatable bonds is 11. The van der Waals surface area contributed by atoms with Gasteiger partial charge in [-0.25, -0.2) is 0 Å². The average Bonchev–Trinajstić information content (AvgIpc) is 3.49. The predicted molar refractivity (Wildman–Crippen MR) is 156 cm³/mol. The Morgan fingerprint density at radius 2 is 1.43 bits per heavy atom. The van der Waals surface area contributed by atoms with Gasteiger partial charge in [-0.2, -0.15) is 0 Å². The fourth-order valence-electron chi connectivity index (χ4n) is 6.22. The lowest BCUT2D eigenvalue weighted by Gasteiger charge is -2.50. The summed E-state index contributed by atoms with van der Waals surface area (Å²) < 4.78 is 34.3. The molecule has 42 heavy (non-hydrogen) atoms. The summed E-state index contributed by atoms with van der Waals surface area (Å²) in [5.74, 6) is 1.11. The van der Waals surface area contributed by atoms with Gasteiger partial charge < -0.3 is 33.5 Å². The first-order valence-electron chi connectivity index (χ1n) is 13.8. The Morgan fingerprint density at radius 1 is 0.786 bits per heavy atom. The molecule has 0 spiro atoms. The highest BCUT2D eigenvalue weighted by Crippen LogP contribution is 2.60. The van der Waals surface area contributed by atoms with Gasteiger partial charge in [0.2, 0.25) is 6.79 Å². The molecule has 0 amide bonds. The van der Waals surface area contributed by atoms with Crippen LogP contribution in [0.1, 0.15) is 23.0 Å². The summed E-state index contributed by atoms with van der Waals surface area (Å²) in [6, 6.07) is 28.7. The van der Waals surface area contributed by atoms with Crippen LogP contribution in [0.3, 0.4) is 0 Å². The largest absolute Gasteiger partial charge is 0.496 e. The standard InChI is InChI=1S/C34H32O8/c1-37-27-12-5-3-10-24(27)31-26(32(33(31)34(35)36)25-11-4-6-13-28(25)38-2)18-39-19-40-23-9-7-8-21(16-23)22-14-15-29-30(17-22)42-20-41-29/h3-17,26,31-33H,18-20H2,1-2H3,(H,35,36)/t26-,31-,32?,33-/m0/s1. The summed E-state index contributed by atoms with van der Waals surface area (Å²) in [6.45, 7) is 0.524. The van der Waals surface area contributed by atoms with E-state index in [1.807, 2.05) is 91.0 Å². The van der Waals surface area contributed by atoms with Crippen molar-refractivity contribution < 1.29 is 38.3 Å². The number of aliphatic carboxylic acids is 1. The van der Waals surface area contributed by atoms with Gasteiger partial charge in [0.15, 0.2) is 18.3 Å². The molecule has 1 fully saturated rings. The molecule has 4 aromatic carbocycles. The van der Waals surface area contributed by atoms with Crippen LogP contribution >= 0.6 is 0 Å². The lowest BCUT2D eigenvalue weighted by Crippen LogP contribution is -2.49. The van der Waals surface area contributed by atoms with E-state index in [-0.39, 0.29) is 37.9 Å². The quantitative estimate of drug-likeness (QED) is 0.165. The van der Waals surface area contributed by atoms with Crippen LogP contribution in [0.4, 0.5) is 0 Å². The van der Waals surface area contributed by atoms with Crippen molar-refractivity contribution in [2.24, 2.45) is 11.8 Å². The van der Waals surface area contributed by atoms with Crippen molar-refractivity contribution in [1.29, 1.82) is 0 Å². The summed E-state index contributed by atoms with van der Waals surface area (Å²) in [5, 5.41) is 10.4. The third-order valence-corrected chi connectivity index (χ3v) is 8.14. The van der Waals surface area contributed by atoms with Crippen LogP contribution in [0.15, 0.2) is 91.0 Å². The monoisotopic (exact) mass is 568 g/mol. The first-order valence-corrected chi connectivity index (χ1v) is 13.8. The van der Waals surface area contributed by atoms with Gasteiger partial charge in [-0.15, -0.1) is 0 Å². The molecular formula is C34H32O8. The van der Waals surface area contributed by atoms with Crippen LogP contribution in [0, 0.1) is 11.8 Å². The van der Waals surface area contributed by atoms with E-state index in [4.69, 9.17) is 28.4 Å². The number of fused-ring (bicyclic) bond motifs is 1. The normalized spacial score (nSPS) is 20.4. The minimum absolute atomic E-state index is 0.0100. The number of carboxylic acids is 1. The van der Waals surface area contributed by atoms with Crippen LogP contribution < -0.4 is 23.7 Å². The molecule has 1 unspecified atom stereocenters. The Balaban J connectivity index is 1.20. The predicted octanol–water partition coefficient (Wildman–Crippen LogP) is 6.35. The van der Waals surface area contributed by atoms with Crippen molar-refractivity contribution in [3.63, 3.8) is 0 Å². The Hall–Kier alpha value is -4.69. The molecule has 0 aromatic heterocycles. The Labute approximate surface area is 244 Å². The molecule has 1 saturated carbocycles. The fraction of sp³-hybridized carbons (Fsp3) is 0.265. The summed E-state index contributed by atoms with van der Waals surface area (Å²) >= 11 is 0. The number of methoxy groups -OCH3 is 2. The average molecular weight is 569 g/mol. The smallest absolute Gasteiger partial charge is 0.307 e. The molecule has 4 atom stereocenters. The SMILES string of the molecule is COc1ccccc1C1[C@@H](COCOc2cccc(-c3ccc4c(c3)OCO4)c2)[C@H](c2ccccc2OC)[C@@H]1C(=O)O. The lowest BCUT2D eigenvalue weighted by molar-refractivity contribution is -0.152. The van der Waals surface area contributed by atoms with Gasteiger partial charge in [0, 0.05) is 11.8 Å². The Kier molecular flexibility index (Phi) is 7.88. The van der Waals surface area contributed by atoms with Crippen molar-refractivity contribution in [2.45, 2.75) is 11.8 Å². The molecule has 1 N–H and O–H groups in total.